The molecule has 0 atom stereocenters. The molecule has 0 bridgehead atoms. The Kier molecular flexibility index (Phi) is 6.78. The maximum atomic E-state index is 13.9. The Morgan fingerprint density at radius 2 is 1.74 bits per heavy atom. The van der Waals surface area contributed by atoms with Crippen molar-refractivity contribution in [3.05, 3.63) is 101 Å². The van der Waals surface area contributed by atoms with Crippen molar-refractivity contribution < 1.29 is 18.4 Å². The Morgan fingerprint density at radius 3 is 2.42 bits per heavy atom. The molecule has 31 heavy (non-hydrogen) atoms. The molecule has 0 radical (unpaired) electrons. The van der Waals surface area contributed by atoms with Crippen LogP contribution in [0.1, 0.15) is 31.8 Å². The molecule has 156 valence electrons. The van der Waals surface area contributed by atoms with Crippen molar-refractivity contribution in [2.75, 3.05) is 11.9 Å². The highest BCUT2D eigenvalue weighted by Crippen LogP contribution is 2.21. The Morgan fingerprint density at radius 1 is 1.03 bits per heavy atom. The van der Waals surface area contributed by atoms with Crippen molar-refractivity contribution in [2.45, 2.75) is 13.5 Å². The van der Waals surface area contributed by atoms with Gasteiger partial charge < -0.3 is 10.2 Å². The fraction of sp³-hybridized carbons (Fsp3) is 0.120. The lowest BCUT2D eigenvalue weighted by molar-refractivity contribution is 0.0765. The van der Waals surface area contributed by atoms with Crippen LogP contribution in [0.3, 0.4) is 0 Å². The molecule has 0 aliphatic heterocycles. The maximum Gasteiger partial charge on any atom is 0.258 e. The highest BCUT2D eigenvalue weighted by Gasteiger charge is 2.18. The molecular formula is C25H20F2N2O2. The summed E-state index contributed by atoms with van der Waals surface area (Å²) in [5, 5.41) is 2.66. The van der Waals surface area contributed by atoms with Crippen LogP contribution in [0.2, 0.25) is 0 Å². The lowest BCUT2D eigenvalue weighted by atomic mass is 10.1. The number of rotatable bonds is 6. The van der Waals surface area contributed by atoms with Gasteiger partial charge in [-0.05, 0) is 54.4 Å². The van der Waals surface area contributed by atoms with E-state index in [1.54, 1.807) is 37.3 Å². The third-order valence-corrected chi connectivity index (χ3v) is 4.71. The average molecular weight is 418 g/mol. The van der Waals surface area contributed by atoms with E-state index >= 15 is 0 Å². The van der Waals surface area contributed by atoms with Crippen LogP contribution in [0.25, 0.3) is 0 Å². The molecule has 1 N–H and O–H groups in total. The number of carbonyl (C=O) groups is 2. The van der Waals surface area contributed by atoms with Gasteiger partial charge in [-0.15, -0.1) is 6.42 Å². The van der Waals surface area contributed by atoms with E-state index in [1.165, 1.54) is 41.3 Å². The second-order valence-corrected chi connectivity index (χ2v) is 6.96. The molecule has 3 aromatic rings. The highest BCUT2D eigenvalue weighted by molar-refractivity contribution is 6.05. The van der Waals surface area contributed by atoms with Gasteiger partial charge in [0.2, 0.25) is 0 Å². The minimum atomic E-state index is -0.635. The molecule has 3 aromatic carbocycles. The van der Waals surface area contributed by atoms with E-state index in [1.807, 2.05) is 0 Å². The summed E-state index contributed by atoms with van der Waals surface area (Å²) >= 11 is 0. The van der Waals surface area contributed by atoms with Crippen LogP contribution in [0, 0.1) is 30.9 Å². The predicted octanol–water partition coefficient (Wildman–Crippen LogP) is 4.80. The summed E-state index contributed by atoms with van der Waals surface area (Å²) in [6, 6.07) is 16.3. The lowest BCUT2D eigenvalue weighted by Crippen LogP contribution is -2.31. The van der Waals surface area contributed by atoms with E-state index in [0.29, 0.717) is 16.8 Å². The van der Waals surface area contributed by atoms with Crippen molar-refractivity contribution in [1.29, 1.82) is 0 Å². The van der Waals surface area contributed by atoms with Crippen LogP contribution in [-0.4, -0.2) is 23.3 Å². The first-order valence-electron chi connectivity index (χ1n) is 9.52. The molecule has 0 aliphatic rings. The Hall–Kier alpha value is -3.98. The Bertz CT molecular complexity index is 1150. The van der Waals surface area contributed by atoms with Gasteiger partial charge in [-0.25, -0.2) is 8.78 Å². The van der Waals surface area contributed by atoms with Crippen LogP contribution in [0.4, 0.5) is 14.5 Å². The number of aryl methyl sites for hydroxylation is 1. The van der Waals surface area contributed by atoms with Crippen LogP contribution < -0.4 is 5.32 Å². The summed E-state index contributed by atoms with van der Waals surface area (Å²) in [4.78, 5) is 27.0. The van der Waals surface area contributed by atoms with Crippen molar-refractivity contribution in [1.82, 2.24) is 4.90 Å². The molecule has 0 saturated heterocycles. The van der Waals surface area contributed by atoms with E-state index in [4.69, 9.17) is 6.42 Å². The first kappa shape index (κ1) is 21.7. The molecule has 3 rings (SSSR count). The van der Waals surface area contributed by atoms with E-state index in [0.717, 1.165) is 5.56 Å². The van der Waals surface area contributed by atoms with Crippen LogP contribution >= 0.6 is 0 Å². The molecule has 0 aliphatic carbocycles. The Balaban J connectivity index is 1.83. The SMILES string of the molecule is C#CCN(Cc1ccc(F)cc1)C(=O)c1ccc(C)c(NC(=O)c2ccccc2F)c1. The maximum absolute atomic E-state index is 13.9. The van der Waals surface area contributed by atoms with E-state index in [9.17, 15) is 18.4 Å². The summed E-state index contributed by atoms with van der Waals surface area (Å²) in [6.07, 6.45) is 5.43. The van der Waals surface area contributed by atoms with Crippen LogP contribution in [0.5, 0.6) is 0 Å². The number of amides is 2. The topological polar surface area (TPSA) is 49.4 Å². The van der Waals surface area contributed by atoms with Gasteiger partial charge in [0, 0.05) is 17.8 Å². The predicted molar refractivity (Wildman–Crippen MR) is 116 cm³/mol. The number of hydrogen-bond donors (Lipinski definition) is 1. The third-order valence-electron chi connectivity index (χ3n) is 4.71. The summed E-state index contributed by atoms with van der Waals surface area (Å²) in [7, 11) is 0. The van der Waals surface area contributed by atoms with Crippen molar-refractivity contribution in [3.8, 4) is 12.3 Å². The van der Waals surface area contributed by atoms with Gasteiger partial charge in [-0.2, -0.15) is 0 Å². The van der Waals surface area contributed by atoms with Crippen molar-refractivity contribution in [3.63, 3.8) is 0 Å². The molecule has 4 nitrogen and oxygen atoms in total. The number of anilines is 1. The standard InChI is InChI=1S/C25H20F2N2O2/c1-3-14-29(16-18-9-12-20(26)13-10-18)25(31)19-11-8-17(2)23(15-19)28-24(30)21-6-4-5-7-22(21)27/h1,4-13,15H,14,16H2,2H3,(H,28,30). The number of nitrogens with one attached hydrogen (secondary N) is 1. The first-order chi connectivity index (χ1) is 14.9. The number of halogens is 2. The second kappa shape index (κ2) is 9.68. The molecule has 0 aromatic heterocycles. The third kappa shape index (κ3) is 5.34. The smallest absolute Gasteiger partial charge is 0.258 e. The van der Waals surface area contributed by atoms with E-state index in [-0.39, 0.29) is 30.4 Å². The van der Waals surface area contributed by atoms with Crippen molar-refractivity contribution >= 4 is 17.5 Å². The number of benzene rings is 3. The molecular weight excluding hydrogens is 398 g/mol. The van der Waals surface area contributed by atoms with E-state index in [2.05, 4.69) is 11.2 Å². The summed E-state index contributed by atoms with van der Waals surface area (Å²) < 4.78 is 27.1. The minimum absolute atomic E-state index is 0.0566. The minimum Gasteiger partial charge on any atom is -0.323 e. The zero-order chi connectivity index (χ0) is 22.4. The van der Waals surface area contributed by atoms with Gasteiger partial charge in [-0.3, -0.25) is 9.59 Å². The summed E-state index contributed by atoms with van der Waals surface area (Å²) in [6.45, 7) is 2.03. The molecule has 0 spiro atoms. The van der Waals surface area contributed by atoms with Gasteiger partial charge in [-0.1, -0.05) is 36.3 Å². The summed E-state index contributed by atoms with van der Waals surface area (Å²) in [5.74, 6) is 0.495. The first-order valence-corrected chi connectivity index (χ1v) is 9.52. The zero-order valence-corrected chi connectivity index (χ0v) is 16.9. The van der Waals surface area contributed by atoms with Crippen LogP contribution in [-0.2, 0) is 6.54 Å². The molecule has 0 unspecified atom stereocenters. The molecule has 6 heteroatoms. The molecule has 0 fully saturated rings. The fourth-order valence-corrected chi connectivity index (χ4v) is 3.03. The quantitative estimate of drug-likeness (QED) is 0.585. The molecule has 2 amide bonds. The van der Waals surface area contributed by atoms with Gasteiger partial charge in [0.05, 0.1) is 12.1 Å². The summed E-state index contributed by atoms with van der Waals surface area (Å²) in [5.41, 5.74) is 2.05. The Labute approximate surface area is 179 Å². The van der Waals surface area contributed by atoms with E-state index < -0.39 is 11.7 Å². The lowest BCUT2D eigenvalue weighted by Gasteiger charge is -2.21. The van der Waals surface area contributed by atoms with Crippen molar-refractivity contribution in [2.24, 2.45) is 0 Å². The highest BCUT2D eigenvalue weighted by atomic mass is 19.1. The number of carbonyl (C=O) groups excluding carboxylic acids is 2. The molecule has 0 heterocycles. The zero-order valence-electron chi connectivity index (χ0n) is 16.9. The number of hydrogen-bond acceptors (Lipinski definition) is 2. The number of nitrogens with zero attached hydrogens (tertiary/aromatic N) is 1. The monoisotopic (exact) mass is 418 g/mol. The normalized spacial score (nSPS) is 10.3. The second-order valence-electron chi connectivity index (χ2n) is 6.96. The average Bonchev–Trinajstić information content (AvgIpc) is 2.76. The van der Waals surface area contributed by atoms with Gasteiger partial charge in [0.25, 0.3) is 11.8 Å². The molecule has 0 saturated carbocycles. The van der Waals surface area contributed by atoms with Crippen LogP contribution in [0.15, 0.2) is 66.7 Å². The van der Waals surface area contributed by atoms with Gasteiger partial charge in [0.15, 0.2) is 0 Å². The van der Waals surface area contributed by atoms with Gasteiger partial charge >= 0.3 is 0 Å². The van der Waals surface area contributed by atoms with Gasteiger partial charge in [0.1, 0.15) is 11.6 Å². The number of terminal acetylenes is 1. The fourth-order valence-electron chi connectivity index (χ4n) is 3.03. The largest absolute Gasteiger partial charge is 0.323 e.